The molecule has 2 nitrogen and oxygen atoms in total. The molecule has 66 valence electrons. The molecule has 12 heavy (non-hydrogen) atoms. The smallest absolute Gasteiger partial charge is 0.0679 e. The van der Waals surface area contributed by atoms with Gasteiger partial charge in [0.15, 0.2) is 0 Å². The van der Waals surface area contributed by atoms with Crippen LogP contribution in [-0.2, 0) is 0 Å². The van der Waals surface area contributed by atoms with Gasteiger partial charge >= 0.3 is 0 Å². The Labute approximate surface area is 74.1 Å². The van der Waals surface area contributed by atoms with Crippen molar-refractivity contribution in [3.05, 3.63) is 23.3 Å². The average Bonchev–Trinajstić information content (AvgIpc) is 2.09. The van der Waals surface area contributed by atoms with Crippen molar-refractivity contribution < 1.29 is 0 Å². The Kier molecular flexibility index (Phi) is 2.82. The Morgan fingerprint density at radius 3 is 2.50 bits per heavy atom. The van der Waals surface area contributed by atoms with Crippen LogP contribution in [0.25, 0.3) is 0 Å². The fourth-order valence-corrected chi connectivity index (χ4v) is 1.33. The zero-order valence-corrected chi connectivity index (χ0v) is 8.18. The van der Waals surface area contributed by atoms with Gasteiger partial charge < -0.3 is 5.32 Å². The molecule has 1 unspecified atom stereocenters. The Hall–Kier alpha value is -0.890. The molecule has 0 saturated carbocycles. The molecule has 1 aliphatic carbocycles. The number of hydrogen-bond donors (Lipinski definition) is 1. The van der Waals surface area contributed by atoms with E-state index >= 15 is 0 Å². The maximum atomic E-state index is 4.22. The van der Waals surface area contributed by atoms with Gasteiger partial charge in [0.2, 0.25) is 0 Å². The lowest BCUT2D eigenvalue weighted by molar-refractivity contribution is 0.813. The summed E-state index contributed by atoms with van der Waals surface area (Å²) in [6.45, 7) is 4.24. The highest BCUT2D eigenvalue weighted by Crippen LogP contribution is 2.15. The topological polar surface area (TPSA) is 24.4 Å². The van der Waals surface area contributed by atoms with Gasteiger partial charge in [-0.2, -0.15) is 0 Å². The Bertz CT molecular complexity index is 259. The quantitative estimate of drug-likeness (QED) is 0.624. The summed E-state index contributed by atoms with van der Waals surface area (Å²) in [6.07, 6.45) is 4.34. The van der Waals surface area contributed by atoms with E-state index in [1.807, 2.05) is 14.1 Å². The molecule has 0 aliphatic heterocycles. The predicted molar refractivity (Wildman–Crippen MR) is 53.7 cm³/mol. The molecule has 1 rings (SSSR count). The van der Waals surface area contributed by atoms with E-state index in [9.17, 15) is 0 Å². The molecule has 0 heterocycles. The summed E-state index contributed by atoms with van der Waals surface area (Å²) in [7, 11) is 3.78. The minimum atomic E-state index is 0.290. The zero-order chi connectivity index (χ0) is 9.14. The summed E-state index contributed by atoms with van der Waals surface area (Å²) in [4.78, 5) is 4.22. The number of rotatable bonds is 1. The Morgan fingerprint density at radius 2 is 2.00 bits per heavy atom. The van der Waals surface area contributed by atoms with Crippen molar-refractivity contribution in [2.75, 3.05) is 14.1 Å². The van der Waals surface area contributed by atoms with Crippen LogP contribution < -0.4 is 5.32 Å². The van der Waals surface area contributed by atoms with Crippen LogP contribution in [0.2, 0.25) is 0 Å². The van der Waals surface area contributed by atoms with Crippen molar-refractivity contribution in [2.24, 2.45) is 4.99 Å². The molecule has 0 aromatic carbocycles. The Balaban J connectivity index is 2.96. The summed E-state index contributed by atoms with van der Waals surface area (Å²) < 4.78 is 0. The molecule has 0 bridgehead atoms. The van der Waals surface area contributed by atoms with Crippen LogP contribution in [-0.4, -0.2) is 25.8 Å². The van der Waals surface area contributed by atoms with Gasteiger partial charge in [0.05, 0.1) is 11.8 Å². The lowest BCUT2D eigenvalue weighted by Crippen LogP contribution is -2.33. The van der Waals surface area contributed by atoms with E-state index in [1.165, 1.54) is 11.1 Å². The van der Waals surface area contributed by atoms with Crippen molar-refractivity contribution in [1.29, 1.82) is 0 Å². The van der Waals surface area contributed by atoms with Crippen molar-refractivity contribution in [2.45, 2.75) is 19.9 Å². The van der Waals surface area contributed by atoms with Crippen LogP contribution >= 0.6 is 0 Å². The number of likely N-dealkylation sites (N-methyl/N-ethyl adjacent to an activating group) is 1. The van der Waals surface area contributed by atoms with Gasteiger partial charge in [-0.05, 0) is 32.5 Å². The summed E-state index contributed by atoms with van der Waals surface area (Å²) in [5, 5.41) is 3.20. The first-order chi connectivity index (χ1) is 5.69. The summed E-state index contributed by atoms with van der Waals surface area (Å²) >= 11 is 0. The first-order valence-corrected chi connectivity index (χ1v) is 4.20. The maximum Gasteiger partial charge on any atom is 0.0679 e. The highest BCUT2D eigenvalue weighted by Gasteiger charge is 2.13. The van der Waals surface area contributed by atoms with Crippen LogP contribution in [0.3, 0.4) is 0 Å². The largest absolute Gasteiger partial charge is 0.309 e. The molecule has 2 heteroatoms. The summed E-state index contributed by atoms with van der Waals surface area (Å²) in [6, 6.07) is 0.290. The maximum absolute atomic E-state index is 4.22. The first kappa shape index (κ1) is 9.20. The minimum Gasteiger partial charge on any atom is -0.309 e. The average molecular weight is 164 g/mol. The van der Waals surface area contributed by atoms with Gasteiger partial charge in [-0.1, -0.05) is 11.6 Å². The van der Waals surface area contributed by atoms with Crippen molar-refractivity contribution in [3.63, 3.8) is 0 Å². The molecule has 0 amide bonds. The monoisotopic (exact) mass is 164 g/mol. The van der Waals surface area contributed by atoms with E-state index in [-0.39, 0.29) is 0 Å². The van der Waals surface area contributed by atoms with E-state index in [2.05, 4.69) is 36.3 Å². The third-order valence-electron chi connectivity index (χ3n) is 2.29. The number of nitrogens with one attached hydrogen (secondary N) is 1. The van der Waals surface area contributed by atoms with E-state index < -0.39 is 0 Å². The van der Waals surface area contributed by atoms with Crippen molar-refractivity contribution in [1.82, 2.24) is 5.32 Å². The molecular formula is C10H16N2. The number of nitrogens with zero attached hydrogens (tertiary/aromatic N) is 1. The predicted octanol–water partition coefficient (Wildman–Crippen LogP) is 1.55. The molecule has 0 spiro atoms. The molecule has 0 aromatic heterocycles. The van der Waals surface area contributed by atoms with E-state index in [1.54, 1.807) is 0 Å². The van der Waals surface area contributed by atoms with Crippen molar-refractivity contribution >= 4 is 5.71 Å². The normalized spacial score (nSPS) is 27.0. The van der Waals surface area contributed by atoms with Crippen LogP contribution in [0.1, 0.15) is 13.8 Å². The third kappa shape index (κ3) is 1.64. The highest BCUT2D eigenvalue weighted by molar-refractivity contribution is 6.02. The first-order valence-electron chi connectivity index (χ1n) is 4.20. The van der Waals surface area contributed by atoms with Gasteiger partial charge in [0.1, 0.15) is 0 Å². The van der Waals surface area contributed by atoms with Crippen LogP contribution in [0.15, 0.2) is 28.3 Å². The van der Waals surface area contributed by atoms with Crippen LogP contribution in [0, 0.1) is 0 Å². The van der Waals surface area contributed by atoms with Crippen LogP contribution in [0.5, 0.6) is 0 Å². The lowest BCUT2D eigenvalue weighted by Gasteiger charge is -2.19. The molecule has 1 N–H and O–H groups in total. The molecule has 0 aromatic rings. The van der Waals surface area contributed by atoms with Gasteiger partial charge in [-0.3, -0.25) is 4.99 Å². The minimum absolute atomic E-state index is 0.290. The van der Waals surface area contributed by atoms with Gasteiger partial charge in [-0.25, -0.2) is 0 Å². The standard InChI is InChI=1S/C10H16N2/c1-7-5-9(11-3)10(12-4)6-8(7)2/h5-6,9,11H,1-4H3. The lowest BCUT2D eigenvalue weighted by atomic mass is 9.95. The number of hydrogen-bond acceptors (Lipinski definition) is 2. The zero-order valence-electron chi connectivity index (χ0n) is 8.18. The number of allylic oxidation sites excluding steroid dienone is 2. The molecule has 0 fully saturated rings. The van der Waals surface area contributed by atoms with Gasteiger partial charge in [0.25, 0.3) is 0 Å². The fraction of sp³-hybridized carbons (Fsp3) is 0.500. The summed E-state index contributed by atoms with van der Waals surface area (Å²) in [5.41, 5.74) is 3.75. The van der Waals surface area contributed by atoms with Gasteiger partial charge in [-0.15, -0.1) is 0 Å². The molecular weight excluding hydrogens is 148 g/mol. The molecule has 0 radical (unpaired) electrons. The van der Waals surface area contributed by atoms with E-state index in [0.717, 1.165) is 5.71 Å². The molecule has 1 aliphatic rings. The third-order valence-corrected chi connectivity index (χ3v) is 2.29. The van der Waals surface area contributed by atoms with Crippen molar-refractivity contribution in [3.8, 4) is 0 Å². The highest BCUT2D eigenvalue weighted by atomic mass is 14.9. The second-order valence-corrected chi connectivity index (χ2v) is 3.09. The Morgan fingerprint density at radius 1 is 1.33 bits per heavy atom. The van der Waals surface area contributed by atoms with Crippen LogP contribution in [0.4, 0.5) is 0 Å². The molecule has 1 atom stereocenters. The second-order valence-electron chi connectivity index (χ2n) is 3.09. The SMILES string of the molecule is CN=C1C=C(C)C(C)=CC1NC. The summed E-state index contributed by atoms with van der Waals surface area (Å²) in [5.74, 6) is 0. The van der Waals surface area contributed by atoms with E-state index in [0.29, 0.717) is 6.04 Å². The fourth-order valence-electron chi connectivity index (χ4n) is 1.33. The second kappa shape index (κ2) is 3.68. The van der Waals surface area contributed by atoms with Gasteiger partial charge in [0, 0.05) is 7.05 Å². The van der Waals surface area contributed by atoms with E-state index in [4.69, 9.17) is 0 Å². The molecule has 0 saturated heterocycles. The number of aliphatic imine (C=N–C) groups is 1.